The van der Waals surface area contributed by atoms with Gasteiger partial charge in [-0.1, -0.05) is 44.3 Å². The molecule has 0 aliphatic heterocycles. The fourth-order valence-electron chi connectivity index (χ4n) is 5.95. The second-order valence-electron chi connectivity index (χ2n) is 12.3. The number of rotatable bonds is 13. The Kier molecular flexibility index (Phi) is 9.94. The van der Waals surface area contributed by atoms with Gasteiger partial charge in [0.15, 0.2) is 0 Å². The number of nitrogens with zero attached hydrogens (tertiary/aromatic N) is 6. The van der Waals surface area contributed by atoms with Crippen molar-refractivity contribution < 1.29 is 29.3 Å². The van der Waals surface area contributed by atoms with Crippen LogP contribution in [0.3, 0.4) is 0 Å². The van der Waals surface area contributed by atoms with Gasteiger partial charge >= 0.3 is 11.9 Å². The minimum Gasteiger partial charge on any atom is -0.508 e. The maximum absolute atomic E-state index is 12.0. The van der Waals surface area contributed by atoms with E-state index in [9.17, 15) is 19.8 Å². The Morgan fingerprint density at radius 2 is 1.02 bits per heavy atom. The molecule has 0 saturated carbocycles. The highest BCUT2D eigenvalue weighted by Gasteiger charge is 2.29. The third kappa shape index (κ3) is 7.35. The van der Waals surface area contributed by atoms with E-state index >= 15 is 0 Å². The summed E-state index contributed by atoms with van der Waals surface area (Å²) in [4.78, 5) is 27.1. The van der Waals surface area contributed by atoms with Crippen LogP contribution < -0.4 is 0 Å². The molecular formula is C39H38N6O6. The molecule has 51 heavy (non-hydrogen) atoms. The second kappa shape index (κ2) is 14.7. The maximum atomic E-state index is 12.0. The summed E-state index contributed by atoms with van der Waals surface area (Å²) < 4.78 is 10.7. The topological polar surface area (TPSA) is 154 Å². The normalized spacial score (nSPS) is 11.3. The zero-order valence-corrected chi connectivity index (χ0v) is 28.7. The number of aromatic nitrogens is 6. The lowest BCUT2D eigenvalue weighted by molar-refractivity contribution is -0.139. The Morgan fingerprint density at radius 3 is 1.33 bits per heavy atom. The van der Waals surface area contributed by atoms with E-state index in [-0.39, 0.29) is 24.7 Å². The van der Waals surface area contributed by atoms with Gasteiger partial charge in [-0.05, 0) is 79.9 Å². The van der Waals surface area contributed by atoms with Crippen LogP contribution in [0.1, 0.15) is 55.4 Å². The number of phenols is 2. The summed E-state index contributed by atoms with van der Waals surface area (Å²) in [6.07, 6.45) is 1.05. The lowest BCUT2D eigenvalue weighted by Gasteiger charge is -2.25. The van der Waals surface area contributed by atoms with E-state index in [0.29, 0.717) is 86.1 Å². The molecule has 0 radical (unpaired) electrons. The minimum atomic E-state index is -0.608. The van der Waals surface area contributed by atoms with Crippen LogP contribution in [-0.4, -0.2) is 65.4 Å². The predicted octanol–water partition coefficient (Wildman–Crippen LogP) is 6.43. The largest absolute Gasteiger partial charge is 0.508 e. The summed E-state index contributed by atoms with van der Waals surface area (Å²) >= 11 is 0. The van der Waals surface area contributed by atoms with Gasteiger partial charge in [-0.15, -0.1) is 30.0 Å². The maximum Gasteiger partial charge on any atom is 0.333 e. The first-order chi connectivity index (χ1) is 24.5. The van der Waals surface area contributed by atoms with Crippen LogP contribution in [0.25, 0.3) is 33.4 Å². The van der Waals surface area contributed by atoms with Crippen LogP contribution in [0.15, 0.2) is 97.1 Å². The molecule has 2 aromatic heterocycles. The molecule has 6 aromatic rings. The van der Waals surface area contributed by atoms with Gasteiger partial charge in [-0.2, -0.15) is 0 Å². The SMILES string of the molecule is C=C(C)C(=O)OCCc1cc(O)c(C(CC)c2c(O)cc(CCOC(=O)C(=C)C)cc2-n2nc3ccccc3n2)c(-n2nc3ccccc3n2)c1. The van der Waals surface area contributed by atoms with Crippen LogP contribution in [0, 0.1) is 0 Å². The van der Waals surface area contributed by atoms with Crippen molar-refractivity contribution in [1.82, 2.24) is 30.0 Å². The molecule has 2 heterocycles. The van der Waals surface area contributed by atoms with Crippen molar-refractivity contribution >= 4 is 34.0 Å². The Labute approximate surface area is 294 Å². The zero-order valence-electron chi connectivity index (χ0n) is 28.7. The van der Waals surface area contributed by atoms with E-state index in [0.717, 1.165) is 0 Å². The number of benzene rings is 4. The number of ether oxygens (including phenoxy) is 2. The van der Waals surface area contributed by atoms with Crippen molar-refractivity contribution in [2.45, 2.75) is 46.0 Å². The molecule has 0 bridgehead atoms. The third-order valence-electron chi connectivity index (χ3n) is 8.45. The molecule has 260 valence electrons. The lowest BCUT2D eigenvalue weighted by atomic mass is 9.84. The number of hydrogen-bond donors (Lipinski definition) is 2. The van der Waals surface area contributed by atoms with Crippen LogP contribution in [0.4, 0.5) is 0 Å². The van der Waals surface area contributed by atoms with Gasteiger partial charge in [0, 0.05) is 41.0 Å². The number of aromatic hydroxyl groups is 2. The third-order valence-corrected chi connectivity index (χ3v) is 8.45. The van der Waals surface area contributed by atoms with E-state index < -0.39 is 17.9 Å². The number of fused-ring (bicyclic) bond motifs is 2. The lowest BCUT2D eigenvalue weighted by Crippen LogP contribution is -2.14. The molecular weight excluding hydrogens is 648 g/mol. The highest BCUT2D eigenvalue weighted by Crippen LogP contribution is 2.44. The molecule has 0 aliphatic carbocycles. The quantitative estimate of drug-likeness (QED) is 0.103. The number of esters is 2. The molecule has 0 amide bonds. The first-order valence-corrected chi connectivity index (χ1v) is 16.6. The van der Waals surface area contributed by atoms with Crippen LogP contribution in [0.5, 0.6) is 11.5 Å². The van der Waals surface area contributed by atoms with Crippen molar-refractivity contribution in [1.29, 1.82) is 0 Å². The van der Waals surface area contributed by atoms with Gasteiger partial charge in [0.1, 0.15) is 33.6 Å². The van der Waals surface area contributed by atoms with Gasteiger partial charge in [0.05, 0.1) is 24.6 Å². The predicted molar refractivity (Wildman–Crippen MR) is 192 cm³/mol. The Bertz CT molecular complexity index is 2080. The average Bonchev–Trinajstić information content (AvgIpc) is 3.74. The Hall–Kier alpha value is -6.30. The van der Waals surface area contributed by atoms with E-state index in [1.807, 2.05) is 67.6 Å². The summed E-state index contributed by atoms with van der Waals surface area (Å²) in [6, 6.07) is 21.8. The van der Waals surface area contributed by atoms with Crippen molar-refractivity contribution in [2.24, 2.45) is 0 Å². The van der Waals surface area contributed by atoms with Gasteiger partial charge in [0.2, 0.25) is 0 Å². The van der Waals surface area contributed by atoms with E-state index in [2.05, 4.69) is 13.2 Å². The Balaban J connectivity index is 1.50. The number of carbonyl (C=O) groups is 2. The molecule has 12 heteroatoms. The monoisotopic (exact) mass is 686 g/mol. The summed E-state index contributed by atoms with van der Waals surface area (Å²) in [7, 11) is 0. The number of phenolic OH excluding ortho intramolecular Hbond substituents is 2. The molecule has 0 fully saturated rings. The smallest absolute Gasteiger partial charge is 0.333 e. The summed E-state index contributed by atoms with van der Waals surface area (Å²) in [5, 5.41) is 42.6. The van der Waals surface area contributed by atoms with Crippen LogP contribution in [0.2, 0.25) is 0 Å². The van der Waals surface area contributed by atoms with Crippen molar-refractivity contribution in [3.05, 3.63) is 119 Å². The first-order valence-electron chi connectivity index (χ1n) is 16.6. The minimum absolute atomic E-state index is 0.0540. The first kappa shape index (κ1) is 34.6. The highest BCUT2D eigenvalue weighted by atomic mass is 16.5. The van der Waals surface area contributed by atoms with Gasteiger partial charge in [-0.3, -0.25) is 0 Å². The van der Waals surface area contributed by atoms with Gasteiger partial charge < -0.3 is 19.7 Å². The molecule has 0 atom stereocenters. The summed E-state index contributed by atoms with van der Waals surface area (Å²) in [6.45, 7) is 12.5. The fraction of sp³-hybridized carbons (Fsp3) is 0.231. The number of hydrogen-bond acceptors (Lipinski definition) is 10. The van der Waals surface area contributed by atoms with Gasteiger partial charge in [0.25, 0.3) is 0 Å². The van der Waals surface area contributed by atoms with E-state index in [1.54, 1.807) is 26.0 Å². The number of carbonyl (C=O) groups excluding carboxylic acids is 2. The molecule has 0 spiro atoms. The molecule has 6 rings (SSSR count). The highest BCUT2D eigenvalue weighted by molar-refractivity contribution is 5.87. The van der Waals surface area contributed by atoms with Gasteiger partial charge in [-0.25, -0.2) is 9.59 Å². The van der Waals surface area contributed by atoms with Crippen LogP contribution in [-0.2, 0) is 31.9 Å². The zero-order chi connectivity index (χ0) is 36.2. The summed E-state index contributed by atoms with van der Waals surface area (Å²) in [5.74, 6) is -1.71. The molecule has 0 unspecified atom stereocenters. The van der Waals surface area contributed by atoms with Crippen molar-refractivity contribution in [3.8, 4) is 22.9 Å². The Morgan fingerprint density at radius 1 is 0.667 bits per heavy atom. The van der Waals surface area contributed by atoms with E-state index in [1.165, 1.54) is 9.59 Å². The molecule has 4 aromatic carbocycles. The van der Waals surface area contributed by atoms with Crippen molar-refractivity contribution in [3.63, 3.8) is 0 Å². The second-order valence-corrected chi connectivity index (χ2v) is 12.3. The molecule has 0 saturated heterocycles. The molecule has 12 nitrogen and oxygen atoms in total. The fourth-order valence-corrected chi connectivity index (χ4v) is 5.95. The van der Waals surface area contributed by atoms with Crippen LogP contribution >= 0.6 is 0 Å². The average molecular weight is 687 g/mol. The molecule has 2 N–H and O–H groups in total. The standard InChI is InChI=1S/C39H38N6O6/c1-6-27(36-32(44-40-28-11-7-8-12-29(28)41-44)19-25(21-34(36)46)15-17-50-38(48)23(2)3)37-33(45-42-30-13-9-10-14-31(30)43-45)20-26(22-35(37)47)16-18-51-39(49)24(4)5/h7-14,19-22,27,46-47H,2,4,6,15-18H2,1,3,5H3. The van der Waals surface area contributed by atoms with E-state index in [4.69, 9.17) is 29.9 Å². The summed E-state index contributed by atoms with van der Waals surface area (Å²) in [5.41, 5.74) is 6.49. The molecule has 0 aliphatic rings. The van der Waals surface area contributed by atoms with Crippen molar-refractivity contribution in [2.75, 3.05) is 13.2 Å².